The number of aryl methyl sites for hydroxylation is 1. The topological polar surface area (TPSA) is 86.8 Å². The molecule has 5 rings (SSSR count). The van der Waals surface area contributed by atoms with Crippen LogP contribution in [0.1, 0.15) is 41.9 Å². The van der Waals surface area contributed by atoms with E-state index in [0.29, 0.717) is 42.3 Å². The maximum Gasteiger partial charge on any atom is 0.417 e. The second kappa shape index (κ2) is 7.77. The van der Waals surface area contributed by atoms with Gasteiger partial charge in [0.15, 0.2) is 5.79 Å². The van der Waals surface area contributed by atoms with E-state index in [2.05, 4.69) is 15.1 Å². The Morgan fingerprint density at radius 2 is 2.03 bits per heavy atom. The molecule has 1 fully saturated rings. The van der Waals surface area contributed by atoms with Gasteiger partial charge >= 0.3 is 11.9 Å². The lowest BCUT2D eigenvalue weighted by Crippen LogP contribution is -2.33. The molecule has 0 N–H and O–H groups in total. The van der Waals surface area contributed by atoms with E-state index in [1.165, 1.54) is 9.08 Å². The Morgan fingerprint density at radius 1 is 1.26 bits per heavy atom. The fraction of sp³-hybridized carbons (Fsp3) is 0.545. The van der Waals surface area contributed by atoms with Crippen molar-refractivity contribution in [2.45, 2.75) is 65.3 Å². The molecule has 2 aliphatic heterocycles. The van der Waals surface area contributed by atoms with Crippen LogP contribution in [0.25, 0.3) is 5.78 Å². The first-order chi connectivity index (χ1) is 15.9. The maximum atomic E-state index is 13.2. The molecule has 0 saturated carbocycles. The van der Waals surface area contributed by atoms with E-state index in [-0.39, 0.29) is 30.7 Å². The summed E-state index contributed by atoms with van der Waals surface area (Å²) >= 11 is 0. The summed E-state index contributed by atoms with van der Waals surface area (Å²) in [6.45, 7) is 8.63. The quantitative estimate of drug-likeness (QED) is 0.572. The van der Waals surface area contributed by atoms with Crippen molar-refractivity contribution in [1.82, 2.24) is 24.1 Å². The van der Waals surface area contributed by atoms with Crippen LogP contribution < -0.4 is 10.6 Å². The second-order valence-corrected chi connectivity index (χ2v) is 9.20. The van der Waals surface area contributed by atoms with Gasteiger partial charge in [-0.05, 0) is 39.3 Å². The van der Waals surface area contributed by atoms with Crippen LogP contribution in [0.3, 0.4) is 0 Å². The van der Waals surface area contributed by atoms with Gasteiger partial charge in [0.25, 0.3) is 5.78 Å². The van der Waals surface area contributed by atoms with Crippen molar-refractivity contribution >= 4 is 11.6 Å². The van der Waals surface area contributed by atoms with Gasteiger partial charge in [0.2, 0.25) is 0 Å². The highest BCUT2D eigenvalue weighted by molar-refractivity contribution is 5.55. The van der Waals surface area contributed by atoms with Crippen LogP contribution in [0, 0.1) is 13.8 Å². The van der Waals surface area contributed by atoms with E-state index in [0.717, 1.165) is 17.8 Å². The van der Waals surface area contributed by atoms with Gasteiger partial charge < -0.3 is 14.4 Å². The van der Waals surface area contributed by atoms with Crippen molar-refractivity contribution < 1.29 is 22.6 Å². The van der Waals surface area contributed by atoms with Crippen LogP contribution in [0.4, 0.5) is 19.0 Å². The zero-order chi connectivity index (χ0) is 24.4. The Bertz CT molecular complexity index is 1330. The minimum absolute atomic E-state index is 0.225. The minimum Gasteiger partial charge on any atom is -0.351 e. The van der Waals surface area contributed by atoms with Gasteiger partial charge in [-0.3, -0.25) is 4.98 Å². The number of hydrogen-bond donors (Lipinski definition) is 0. The Kier molecular flexibility index (Phi) is 5.21. The van der Waals surface area contributed by atoms with Gasteiger partial charge in [-0.15, -0.1) is 5.10 Å². The molecule has 12 heteroatoms. The molecule has 34 heavy (non-hydrogen) atoms. The molecule has 0 aromatic carbocycles. The van der Waals surface area contributed by atoms with Crippen molar-refractivity contribution in [3.05, 3.63) is 50.8 Å². The summed E-state index contributed by atoms with van der Waals surface area (Å²) in [5, 5.41) is 4.40. The molecule has 0 spiro atoms. The van der Waals surface area contributed by atoms with E-state index in [4.69, 9.17) is 9.47 Å². The monoisotopic (exact) mass is 478 g/mol. The summed E-state index contributed by atoms with van der Waals surface area (Å²) in [5.41, 5.74) is 1.51. The molecule has 182 valence electrons. The molecular weight excluding hydrogens is 453 g/mol. The van der Waals surface area contributed by atoms with Crippen molar-refractivity contribution in [3.8, 4) is 0 Å². The number of rotatable bonds is 3. The van der Waals surface area contributed by atoms with Gasteiger partial charge in [-0.1, -0.05) is 0 Å². The smallest absolute Gasteiger partial charge is 0.351 e. The highest BCUT2D eigenvalue weighted by Gasteiger charge is 2.34. The number of nitrogens with zero attached hydrogens (tertiary/aromatic N) is 6. The van der Waals surface area contributed by atoms with Crippen LogP contribution in [0.2, 0.25) is 0 Å². The zero-order valence-electron chi connectivity index (χ0n) is 19.3. The standard InChI is InChI=1S/C22H25F3N6O3/c1-12-13(2)31-19(28-30(20(31)32)10-16-11-33-21(3,4)34-16)27-18(12)29-6-5-17-14(9-29)7-15(8-26-17)22(23,24)25/h7-8,16H,5-6,9-11H2,1-4H3. The van der Waals surface area contributed by atoms with Gasteiger partial charge in [0.05, 0.1) is 18.7 Å². The molecule has 3 aromatic heterocycles. The van der Waals surface area contributed by atoms with E-state index in [1.54, 1.807) is 6.92 Å². The van der Waals surface area contributed by atoms with Crippen LogP contribution in [-0.2, 0) is 35.2 Å². The molecule has 1 saturated heterocycles. The largest absolute Gasteiger partial charge is 0.417 e. The van der Waals surface area contributed by atoms with Crippen LogP contribution in [0.15, 0.2) is 17.1 Å². The molecule has 1 atom stereocenters. The van der Waals surface area contributed by atoms with Crippen molar-refractivity contribution in [2.75, 3.05) is 18.1 Å². The second-order valence-electron chi connectivity index (χ2n) is 9.20. The van der Waals surface area contributed by atoms with Gasteiger partial charge in [0, 0.05) is 42.7 Å². The number of ether oxygens (including phenoxy) is 2. The number of aromatic nitrogens is 5. The van der Waals surface area contributed by atoms with Crippen molar-refractivity contribution in [3.63, 3.8) is 0 Å². The van der Waals surface area contributed by atoms with Gasteiger partial charge in [-0.25, -0.2) is 13.9 Å². The van der Waals surface area contributed by atoms with E-state index in [1.807, 2.05) is 25.7 Å². The molecular formula is C22H25F3N6O3. The van der Waals surface area contributed by atoms with E-state index in [9.17, 15) is 18.0 Å². The number of hydrogen-bond acceptors (Lipinski definition) is 7. The molecule has 2 aliphatic rings. The van der Waals surface area contributed by atoms with Gasteiger partial charge in [-0.2, -0.15) is 18.2 Å². The Morgan fingerprint density at radius 3 is 2.71 bits per heavy atom. The highest BCUT2D eigenvalue weighted by atomic mass is 19.4. The Hall–Kier alpha value is -2.99. The molecule has 5 heterocycles. The molecule has 0 bridgehead atoms. The predicted octanol–water partition coefficient (Wildman–Crippen LogP) is 2.64. The number of halogens is 3. The molecule has 0 amide bonds. The first-order valence-electron chi connectivity index (χ1n) is 11.0. The lowest BCUT2D eigenvalue weighted by Gasteiger charge is -2.31. The average Bonchev–Trinajstić information content (AvgIpc) is 3.27. The average molecular weight is 478 g/mol. The SMILES string of the molecule is Cc1c(N2CCc3ncc(C(F)(F)F)cc3C2)nc2nn(CC3COC(C)(C)O3)c(=O)n2c1C. The third-order valence-electron chi connectivity index (χ3n) is 6.35. The summed E-state index contributed by atoms with van der Waals surface area (Å²) in [4.78, 5) is 23.6. The summed E-state index contributed by atoms with van der Waals surface area (Å²) in [7, 11) is 0. The normalized spacial score (nSPS) is 20.2. The number of fused-ring (bicyclic) bond motifs is 2. The first-order valence-corrected chi connectivity index (χ1v) is 11.0. The number of pyridine rings is 1. The summed E-state index contributed by atoms with van der Waals surface area (Å²) in [6, 6.07) is 1.15. The summed E-state index contributed by atoms with van der Waals surface area (Å²) in [5.74, 6) is 0.109. The van der Waals surface area contributed by atoms with E-state index < -0.39 is 17.5 Å². The van der Waals surface area contributed by atoms with Crippen LogP contribution >= 0.6 is 0 Å². The molecule has 0 aliphatic carbocycles. The first kappa shape index (κ1) is 22.8. The number of anilines is 1. The fourth-order valence-electron chi connectivity index (χ4n) is 4.51. The summed E-state index contributed by atoms with van der Waals surface area (Å²) < 4.78 is 53.6. The highest BCUT2D eigenvalue weighted by Crippen LogP contribution is 2.32. The number of alkyl halides is 3. The van der Waals surface area contributed by atoms with E-state index >= 15 is 0 Å². The molecule has 0 radical (unpaired) electrons. The van der Waals surface area contributed by atoms with Crippen molar-refractivity contribution in [1.29, 1.82) is 0 Å². The predicted molar refractivity (Wildman–Crippen MR) is 116 cm³/mol. The van der Waals surface area contributed by atoms with Crippen molar-refractivity contribution in [2.24, 2.45) is 0 Å². The fourth-order valence-corrected chi connectivity index (χ4v) is 4.51. The maximum absolute atomic E-state index is 13.2. The Labute approximate surface area is 193 Å². The third-order valence-corrected chi connectivity index (χ3v) is 6.35. The molecule has 1 unspecified atom stereocenters. The third kappa shape index (κ3) is 3.94. The minimum atomic E-state index is -4.45. The lowest BCUT2D eigenvalue weighted by molar-refractivity contribution is -0.140. The lowest BCUT2D eigenvalue weighted by atomic mass is 10.0. The van der Waals surface area contributed by atoms with Crippen LogP contribution in [0.5, 0.6) is 0 Å². The molecule has 3 aromatic rings. The molecule has 9 nitrogen and oxygen atoms in total. The zero-order valence-corrected chi connectivity index (χ0v) is 19.3. The van der Waals surface area contributed by atoms with Gasteiger partial charge in [0.1, 0.15) is 11.9 Å². The van der Waals surface area contributed by atoms with Crippen LogP contribution in [-0.4, -0.2) is 49.2 Å². The summed E-state index contributed by atoms with van der Waals surface area (Å²) in [6.07, 6.45) is -3.39. The Balaban J connectivity index is 1.48.